The molecule has 4 aromatic rings. The molecule has 2 amide bonds. The van der Waals surface area contributed by atoms with Crippen LogP contribution in [0.3, 0.4) is 0 Å². The highest BCUT2D eigenvalue weighted by Gasteiger charge is 2.35. The number of sulfonamides is 1. The van der Waals surface area contributed by atoms with Gasteiger partial charge in [0, 0.05) is 29.1 Å². The van der Waals surface area contributed by atoms with Crippen LogP contribution in [0.25, 0.3) is 0 Å². The summed E-state index contributed by atoms with van der Waals surface area (Å²) in [6, 6.07) is 28.5. The van der Waals surface area contributed by atoms with Gasteiger partial charge in [-0.3, -0.25) is 13.9 Å². The number of benzene rings is 4. The van der Waals surface area contributed by atoms with E-state index < -0.39 is 28.5 Å². The van der Waals surface area contributed by atoms with Gasteiger partial charge in [-0.25, -0.2) is 8.42 Å². The second-order valence-electron chi connectivity index (χ2n) is 12.0. The lowest BCUT2D eigenvalue weighted by Crippen LogP contribution is -2.55. The van der Waals surface area contributed by atoms with Crippen molar-refractivity contribution in [2.24, 2.45) is 0 Å². The molecule has 10 heteroatoms. The van der Waals surface area contributed by atoms with Gasteiger partial charge in [0.25, 0.3) is 10.0 Å². The number of anilines is 1. The monoisotopic (exact) mass is 691 g/mol. The fourth-order valence-corrected chi connectivity index (χ4v) is 7.66. The van der Waals surface area contributed by atoms with Crippen LogP contribution in [-0.2, 0) is 32.6 Å². The molecule has 7 nitrogen and oxygen atoms in total. The Kier molecular flexibility index (Phi) is 11.6. The number of halogens is 2. The van der Waals surface area contributed by atoms with Crippen molar-refractivity contribution in [1.82, 2.24) is 10.2 Å². The Bertz CT molecular complexity index is 1760. The molecule has 1 aliphatic rings. The van der Waals surface area contributed by atoms with Gasteiger partial charge in [0.15, 0.2) is 0 Å². The number of carbonyl (C=O) groups excluding carboxylic acids is 2. The molecule has 1 atom stereocenters. The summed E-state index contributed by atoms with van der Waals surface area (Å²) in [5.74, 6) is -0.790. The Hall–Kier alpha value is -3.85. The first-order chi connectivity index (χ1) is 22.6. The van der Waals surface area contributed by atoms with Crippen LogP contribution >= 0.6 is 23.2 Å². The van der Waals surface area contributed by atoms with Crippen LogP contribution in [0.15, 0.2) is 108 Å². The molecule has 0 saturated heterocycles. The van der Waals surface area contributed by atoms with E-state index in [0.717, 1.165) is 53.1 Å². The first-order valence-corrected chi connectivity index (χ1v) is 18.0. The SMILES string of the molecule is Cc1ccc(N(CC(=O)N(Cc2cccc(Cl)c2)[C@@H](Cc2ccccc2)C(=O)NC2CCCCC2)S(=O)(=O)c2ccc(Cl)cc2)cc1. The molecule has 47 heavy (non-hydrogen) atoms. The highest BCUT2D eigenvalue weighted by atomic mass is 35.5. The largest absolute Gasteiger partial charge is 0.352 e. The Morgan fingerprint density at radius 1 is 0.809 bits per heavy atom. The van der Waals surface area contributed by atoms with Crippen LogP contribution in [0.2, 0.25) is 10.0 Å². The van der Waals surface area contributed by atoms with E-state index in [1.165, 1.54) is 29.2 Å². The van der Waals surface area contributed by atoms with E-state index >= 15 is 0 Å². The van der Waals surface area contributed by atoms with Crippen LogP contribution in [0, 0.1) is 6.92 Å². The normalized spacial score (nSPS) is 14.3. The fraction of sp³-hybridized carbons (Fsp3) is 0.297. The predicted molar refractivity (Wildman–Crippen MR) is 188 cm³/mol. The lowest BCUT2D eigenvalue weighted by atomic mass is 9.94. The van der Waals surface area contributed by atoms with E-state index in [1.54, 1.807) is 42.5 Å². The smallest absolute Gasteiger partial charge is 0.264 e. The molecule has 1 fully saturated rings. The van der Waals surface area contributed by atoms with Gasteiger partial charge in [0.2, 0.25) is 11.8 Å². The van der Waals surface area contributed by atoms with Crippen LogP contribution in [0.4, 0.5) is 5.69 Å². The van der Waals surface area contributed by atoms with Crippen LogP contribution in [0.5, 0.6) is 0 Å². The summed E-state index contributed by atoms with van der Waals surface area (Å²) in [5.41, 5.74) is 2.86. The zero-order valence-corrected chi connectivity index (χ0v) is 28.6. The maximum Gasteiger partial charge on any atom is 0.264 e. The molecule has 1 N–H and O–H groups in total. The maximum absolute atomic E-state index is 14.6. The number of rotatable bonds is 12. The predicted octanol–water partition coefficient (Wildman–Crippen LogP) is 7.59. The lowest BCUT2D eigenvalue weighted by Gasteiger charge is -2.35. The number of amides is 2. The van der Waals surface area contributed by atoms with Crippen LogP contribution in [0.1, 0.15) is 48.8 Å². The van der Waals surface area contributed by atoms with Crippen molar-refractivity contribution in [3.05, 3.63) is 130 Å². The molecule has 0 spiro atoms. The van der Waals surface area contributed by atoms with Gasteiger partial charge >= 0.3 is 0 Å². The van der Waals surface area contributed by atoms with E-state index in [1.807, 2.05) is 43.3 Å². The van der Waals surface area contributed by atoms with Crippen molar-refractivity contribution < 1.29 is 18.0 Å². The number of hydrogen-bond acceptors (Lipinski definition) is 4. The van der Waals surface area contributed by atoms with Gasteiger partial charge in [0.05, 0.1) is 10.6 Å². The Morgan fingerprint density at radius 2 is 1.47 bits per heavy atom. The topological polar surface area (TPSA) is 86.8 Å². The second-order valence-corrected chi connectivity index (χ2v) is 14.7. The van der Waals surface area contributed by atoms with Crippen molar-refractivity contribution >= 4 is 50.7 Å². The average Bonchev–Trinajstić information content (AvgIpc) is 3.06. The molecule has 0 unspecified atom stereocenters. The van der Waals surface area contributed by atoms with Gasteiger partial charge in [0.1, 0.15) is 12.6 Å². The molecule has 0 aliphatic heterocycles. The third-order valence-corrected chi connectivity index (χ3v) is 10.7. The van der Waals surface area contributed by atoms with Gasteiger partial charge in [-0.15, -0.1) is 0 Å². The van der Waals surface area contributed by atoms with E-state index in [4.69, 9.17) is 23.2 Å². The summed E-state index contributed by atoms with van der Waals surface area (Å²) in [7, 11) is -4.21. The zero-order valence-electron chi connectivity index (χ0n) is 26.3. The summed E-state index contributed by atoms with van der Waals surface area (Å²) in [4.78, 5) is 30.3. The molecular weight excluding hydrogens is 653 g/mol. The lowest BCUT2D eigenvalue weighted by molar-refractivity contribution is -0.140. The standard InChI is InChI=1S/C37H39Cl2N3O4S/c1-27-15-19-33(20-16-27)42(47(45,46)34-21-17-30(38)18-22-34)26-36(43)41(25-29-11-8-12-31(39)23-29)35(24-28-9-4-2-5-10-28)37(44)40-32-13-6-3-7-14-32/h2,4-5,8-12,15-23,32,35H,3,6-7,13-14,24-26H2,1H3,(H,40,44)/t35-/m0/s1. The van der Waals surface area contributed by atoms with Crippen LogP contribution < -0.4 is 9.62 Å². The average molecular weight is 693 g/mol. The first-order valence-electron chi connectivity index (χ1n) is 15.8. The molecule has 0 radical (unpaired) electrons. The molecule has 246 valence electrons. The Morgan fingerprint density at radius 3 is 2.13 bits per heavy atom. The summed E-state index contributed by atoms with van der Waals surface area (Å²) in [6.45, 7) is 1.42. The van der Waals surface area contributed by atoms with Crippen molar-refractivity contribution in [1.29, 1.82) is 0 Å². The van der Waals surface area contributed by atoms with Gasteiger partial charge in [-0.05, 0) is 79.4 Å². The molecule has 1 saturated carbocycles. The minimum Gasteiger partial charge on any atom is -0.352 e. The fourth-order valence-electron chi connectivity index (χ4n) is 5.90. The number of aryl methyl sites for hydroxylation is 1. The maximum atomic E-state index is 14.6. The highest BCUT2D eigenvalue weighted by Crippen LogP contribution is 2.27. The quantitative estimate of drug-likeness (QED) is 0.166. The number of hydrogen-bond donors (Lipinski definition) is 1. The summed E-state index contributed by atoms with van der Waals surface area (Å²) >= 11 is 12.4. The third-order valence-electron chi connectivity index (χ3n) is 8.47. The van der Waals surface area contributed by atoms with Gasteiger partial charge in [-0.2, -0.15) is 0 Å². The zero-order chi connectivity index (χ0) is 33.4. The van der Waals surface area contributed by atoms with E-state index in [9.17, 15) is 18.0 Å². The summed E-state index contributed by atoms with van der Waals surface area (Å²) in [6.07, 6.45) is 5.22. The van der Waals surface area contributed by atoms with Crippen molar-refractivity contribution in [2.75, 3.05) is 10.8 Å². The molecule has 4 aromatic carbocycles. The molecule has 5 rings (SSSR count). The molecule has 0 aromatic heterocycles. The highest BCUT2D eigenvalue weighted by molar-refractivity contribution is 7.92. The van der Waals surface area contributed by atoms with Crippen LogP contribution in [-0.4, -0.2) is 43.8 Å². The Labute approximate surface area is 287 Å². The minimum atomic E-state index is -4.21. The number of nitrogens with one attached hydrogen (secondary N) is 1. The Balaban J connectivity index is 1.56. The van der Waals surface area contributed by atoms with Gasteiger partial charge in [-0.1, -0.05) is 103 Å². The summed E-state index contributed by atoms with van der Waals surface area (Å²) in [5, 5.41) is 4.11. The van der Waals surface area contributed by atoms with E-state index in [-0.39, 0.29) is 29.8 Å². The molecule has 0 heterocycles. The van der Waals surface area contributed by atoms with Crippen molar-refractivity contribution in [3.63, 3.8) is 0 Å². The summed E-state index contributed by atoms with van der Waals surface area (Å²) < 4.78 is 29.4. The molecular formula is C37H39Cl2N3O4S. The van der Waals surface area contributed by atoms with Crippen molar-refractivity contribution in [3.8, 4) is 0 Å². The number of nitrogens with zero attached hydrogens (tertiary/aromatic N) is 2. The van der Waals surface area contributed by atoms with Gasteiger partial charge < -0.3 is 10.2 Å². The second kappa shape index (κ2) is 15.8. The number of carbonyl (C=O) groups is 2. The molecule has 1 aliphatic carbocycles. The molecule has 0 bridgehead atoms. The first kappa shape index (κ1) is 34.5. The minimum absolute atomic E-state index is 0.00690. The van der Waals surface area contributed by atoms with E-state index in [0.29, 0.717) is 15.7 Å². The third kappa shape index (κ3) is 9.15. The van der Waals surface area contributed by atoms with Crippen molar-refractivity contribution in [2.45, 2.75) is 69.0 Å². The van der Waals surface area contributed by atoms with E-state index in [2.05, 4.69) is 5.32 Å².